The van der Waals surface area contributed by atoms with Crippen molar-refractivity contribution in [2.45, 2.75) is 0 Å². The van der Waals surface area contributed by atoms with Crippen molar-refractivity contribution < 1.29 is 0 Å². The zero-order valence-corrected chi connectivity index (χ0v) is 26.0. The van der Waals surface area contributed by atoms with E-state index in [-0.39, 0.29) is 0 Å². The maximum absolute atomic E-state index is 7.86. The van der Waals surface area contributed by atoms with E-state index in [9.17, 15) is 0 Å². The predicted octanol–water partition coefficient (Wildman–Crippen LogP) is 12.5. The van der Waals surface area contributed by atoms with Crippen molar-refractivity contribution in [3.8, 4) is 22.5 Å². The first-order chi connectivity index (χ1) is 23.3. The molecule has 7 aromatic carbocycles. The van der Waals surface area contributed by atoms with Crippen LogP contribution in [0.2, 0.25) is 0 Å². The van der Waals surface area contributed by atoms with Gasteiger partial charge in [-0.25, -0.2) is 4.85 Å². The average molecular weight is 616 g/mol. The fourth-order valence-corrected chi connectivity index (χ4v) is 8.51. The number of aromatic nitrogens is 2. The van der Waals surface area contributed by atoms with Gasteiger partial charge in [0, 0.05) is 47.4 Å². The smallest absolute Gasteiger partial charge is 0.210 e. The Hall–Kier alpha value is -6.15. The lowest BCUT2D eigenvalue weighted by Crippen LogP contribution is -1.94. The second kappa shape index (κ2) is 9.92. The summed E-state index contributed by atoms with van der Waals surface area (Å²) in [6, 6.07) is 54.2. The van der Waals surface area contributed by atoms with E-state index >= 15 is 0 Å². The summed E-state index contributed by atoms with van der Waals surface area (Å²) in [7, 11) is 0. The Morgan fingerprint density at radius 3 is 1.66 bits per heavy atom. The summed E-state index contributed by atoms with van der Waals surface area (Å²) in [5, 5.41) is 7.45. The van der Waals surface area contributed by atoms with Crippen LogP contribution in [0.5, 0.6) is 0 Å². The van der Waals surface area contributed by atoms with E-state index in [0.29, 0.717) is 5.69 Å². The Balaban J connectivity index is 1.18. The van der Waals surface area contributed by atoms with E-state index in [2.05, 4.69) is 141 Å². The van der Waals surface area contributed by atoms with Gasteiger partial charge in [-0.3, -0.25) is 0 Å². The maximum Gasteiger partial charge on any atom is 0.210 e. The molecule has 218 valence electrons. The first kappa shape index (κ1) is 26.1. The minimum absolute atomic E-state index is 0.644. The molecular formula is C43H25N3S. The van der Waals surface area contributed by atoms with Gasteiger partial charge < -0.3 is 9.13 Å². The van der Waals surface area contributed by atoms with Crippen LogP contribution in [0.3, 0.4) is 0 Å². The molecule has 3 nitrogen and oxygen atoms in total. The van der Waals surface area contributed by atoms with Gasteiger partial charge in [0.05, 0.1) is 34.3 Å². The number of hydrogen-bond donors (Lipinski definition) is 0. The number of thiophene rings is 1. The topological polar surface area (TPSA) is 14.2 Å². The Kier molecular flexibility index (Phi) is 5.51. The summed E-state index contributed by atoms with van der Waals surface area (Å²) in [5.74, 6) is 0. The molecule has 0 N–H and O–H groups in total. The fraction of sp³-hybridized carbons (Fsp3) is 0. The van der Waals surface area contributed by atoms with Gasteiger partial charge in [0.1, 0.15) is 0 Å². The molecule has 3 aromatic heterocycles. The SMILES string of the molecule is [C-]#[N+]c1ccccc1-n1c2ccccc2c2ccc(-c3ccc4sc5ccc(-n6c7ccccc7c7ccccc76)cc5c4c3)cc21. The lowest BCUT2D eigenvalue weighted by Gasteiger charge is -2.11. The molecule has 0 unspecified atom stereocenters. The quantitative estimate of drug-likeness (QED) is 0.176. The van der Waals surface area contributed by atoms with Crippen molar-refractivity contribution in [2.24, 2.45) is 0 Å². The maximum atomic E-state index is 7.86. The normalized spacial score (nSPS) is 11.8. The monoisotopic (exact) mass is 615 g/mol. The van der Waals surface area contributed by atoms with Crippen LogP contribution < -0.4 is 0 Å². The third kappa shape index (κ3) is 3.78. The Bertz CT molecular complexity index is 2880. The van der Waals surface area contributed by atoms with Crippen molar-refractivity contribution in [3.63, 3.8) is 0 Å². The van der Waals surface area contributed by atoms with Gasteiger partial charge in [0.15, 0.2) is 0 Å². The van der Waals surface area contributed by atoms with E-state index < -0.39 is 0 Å². The molecule has 10 rings (SSSR count). The highest BCUT2D eigenvalue weighted by molar-refractivity contribution is 7.25. The van der Waals surface area contributed by atoms with Crippen molar-refractivity contribution in [2.75, 3.05) is 0 Å². The second-order valence-electron chi connectivity index (χ2n) is 12.0. The largest absolute Gasteiger partial charge is 0.319 e. The molecule has 0 spiro atoms. The number of hydrogen-bond acceptors (Lipinski definition) is 1. The highest BCUT2D eigenvalue weighted by Crippen LogP contribution is 2.41. The molecule has 10 aromatic rings. The van der Waals surface area contributed by atoms with Crippen LogP contribution in [0.1, 0.15) is 0 Å². The number of nitrogens with zero attached hydrogens (tertiary/aromatic N) is 3. The molecule has 0 fully saturated rings. The lowest BCUT2D eigenvalue weighted by atomic mass is 10.0. The predicted molar refractivity (Wildman–Crippen MR) is 200 cm³/mol. The van der Waals surface area contributed by atoms with Crippen molar-refractivity contribution in [1.29, 1.82) is 0 Å². The highest BCUT2D eigenvalue weighted by atomic mass is 32.1. The average Bonchev–Trinajstić information content (AvgIpc) is 3.78. The Labute approximate surface area is 274 Å². The minimum Gasteiger partial charge on any atom is -0.319 e. The zero-order valence-electron chi connectivity index (χ0n) is 25.2. The Morgan fingerprint density at radius 1 is 0.426 bits per heavy atom. The highest BCUT2D eigenvalue weighted by Gasteiger charge is 2.17. The summed E-state index contributed by atoms with van der Waals surface area (Å²) in [5.41, 5.74) is 9.70. The van der Waals surface area contributed by atoms with Crippen LogP contribution in [0.15, 0.2) is 152 Å². The van der Waals surface area contributed by atoms with E-state index in [1.807, 2.05) is 35.6 Å². The van der Waals surface area contributed by atoms with Gasteiger partial charge in [-0.2, -0.15) is 0 Å². The number of para-hydroxylation sites is 5. The molecule has 47 heavy (non-hydrogen) atoms. The van der Waals surface area contributed by atoms with Gasteiger partial charge in [-0.15, -0.1) is 11.3 Å². The van der Waals surface area contributed by atoms with Gasteiger partial charge >= 0.3 is 0 Å². The molecule has 0 aliphatic rings. The molecule has 3 heterocycles. The molecule has 0 radical (unpaired) electrons. The Morgan fingerprint density at radius 2 is 0.957 bits per heavy atom. The first-order valence-corrected chi connectivity index (χ1v) is 16.5. The summed E-state index contributed by atoms with van der Waals surface area (Å²) >= 11 is 1.85. The first-order valence-electron chi connectivity index (χ1n) is 15.7. The molecule has 0 bridgehead atoms. The zero-order chi connectivity index (χ0) is 31.1. The number of benzene rings is 7. The molecule has 0 saturated heterocycles. The summed E-state index contributed by atoms with van der Waals surface area (Å²) in [4.78, 5) is 3.87. The van der Waals surface area contributed by atoms with Crippen LogP contribution in [0, 0.1) is 6.57 Å². The minimum atomic E-state index is 0.644. The molecule has 0 atom stereocenters. The summed E-state index contributed by atoms with van der Waals surface area (Å²) in [6.07, 6.45) is 0. The van der Waals surface area contributed by atoms with Gasteiger partial charge in [0.25, 0.3) is 0 Å². The van der Waals surface area contributed by atoms with Gasteiger partial charge in [-0.05, 0) is 71.8 Å². The van der Waals surface area contributed by atoms with E-state index in [0.717, 1.165) is 22.3 Å². The van der Waals surface area contributed by atoms with Gasteiger partial charge in [0.2, 0.25) is 5.69 Å². The standard InChI is InChI=1S/C43H25N3S/c1-44-36-13-5-9-17-40(36)46-39-16-8-4-12-32(39)33-21-18-28(25-41(33)46)27-19-22-42-34(24-27)35-26-29(20-23-43(35)47-42)45-37-14-6-2-10-30(37)31-11-3-7-15-38(31)45/h2-26H. The van der Waals surface area contributed by atoms with Crippen LogP contribution in [-0.2, 0) is 0 Å². The van der Waals surface area contributed by atoms with Crippen LogP contribution in [0.25, 0.3) is 91.1 Å². The number of rotatable bonds is 3. The third-order valence-electron chi connectivity index (χ3n) is 9.54. The van der Waals surface area contributed by atoms with Crippen molar-refractivity contribution in [1.82, 2.24) is 9.13 Å². The summed E-state index contributed by atoms with van der Waals surface area (Å²) < 4.78 is 7.21. The molecule has 0 saturated carbocycles. The third-order valence-corrected chi connectivity index (χ3v) is 10.7. The van der Waals surface area contributed by atoms with Gasteiger partial charge in [-0.1, -0.05) is 91.0 Å². The van der Waals surface area contributed by atoms with E-state index in [1.54, 1.807) is 0 Å². The van der Waals surface area contributed by atoms with E-state index in [4.69, 9.17) is 6.57 Å². The molecule has 4 heteroatoms. The van der Waals surface area contributed by atoms with Crippen molar-refractivity contribution in [3.05, 3.63) is 163 Å². The lowest BCUT2D eigenvalue weighted by molar-refractivity contribution is 1.19. The van der Waals surface area contributed by atoms with Crippen LogP contribution in [0.4, 0.5) is 5.69 Å². The number of fused-ring (bicyclic) bond motifs is 9. The van der Waals surface area contributed by atoms with Crippen LogP contribution >= 0.6 is 11.3 Å². The second-order valence-corrected chi connectivity index (χ2v) is 13.1. The van der Waals surface area contributed by atoms with Crippen LogP contribution in [-0.4, -0.2) is 9.13 Å². The van der Waals surface area contributed by atoms with E-state index in [1.165, 1.54) is 64.0 Å². The molecule has 0 aliphatic heterocycles. The molecular weight excluding hydrogens is 591 g/mol. The summed E-state index contributed by atoms with van der Waals surface area (Å²) in [6.45, 7) is 7.86. The fourth-order valence-electron chi connectivity index (χ4n) is 7.44. The molecule has 0 amide bonds. The van der Waals surface area contributed by atoms with Crippen molar-refractivity contribution >= 4 is 80.8 Å². The molecule has 0 aliphatic carbocycles.